The highest BCUT2D eigenvalue weighted by atomic mass is 32.1. The number of H-pyrrole nitrogens is 1. The number of aromatic nitrogens is 3. The van der Waals surface area contributed by atoms with E-state index in [4.69, 9.17) is 19.2 Å². The van der Waals surface area contributed by atoms with Crippen LogP contribution in [0.5, 0.6) is 11.5 Å². The molecule has 0 amide bonds. The molecule has 0 spiro atoms. The zero-order valence-electron chi connectivity index (χ0n) is 17.0. The van der Waals surface area contributed by atoms with Crippen molar-refractivity contribution >= 4 is 27.5 Å². The average molecular weight is 456 g/mol. The molecule has 7 nitrogen and oxygen atoms in total. The molecule has 164 valence electrons. The van der Waals surface area contributed by atoms with Gasteiger partial charge in [-0.2, -0.15) is 0 Å². The number of hydrogen-bond acceptors (Lipinski definition) is 7. The Morgan fingerprint density at radius 3 is 2.78 bits per heavy atom. The smallest absolute Gasteiger partial charge is 0.395 e. The van der Waals surface area contributed by atoms with E-state index in [0.29, 0.717) is 35.6 Å². The molecule has 6 rings (SSSR count). The lowest BCUT2D eigenvalue weighted by Gasteiger charge is -2.26. The molecule has 1 N–H and O–H groups in total. The van der Waals surface area contributed by atoms with E-state index in [1.54, 1.807) is 42.8 Å². The number of thiazole rings is 1. The minimum absolute atomic E-state index is 0.0320. The maximum Gasteiger partial charge on any atom is 0.586 e. The summed E-state index contributed by atoms with van der Waals surface area (Å²) in [7, 11) is 0. The van der Waals surface area contributed by atoms with Crippen LogP contribution in [0, 0.1) is 6.92 Å². The van der Waals surface area contributed by atoms with E-state index in [-0.39, 0.29) is 11.5 Å². The fourth-order valence-corrected chi connectivity index (χ4v) is 4.91. The largest absolute Gasteiger partial charge is 0.586 e. The number of morpholine rings is 1. The first kappa shape index (κ1) is 19.4. The van der Waals surface area contributed by atoms with Crippen molar-refractivity contribution in [3.05, 3.63) is 41.5 Å². The van der Waals surface area contributed by atoms with Gasteiger partial charge in [-0.05, 0) is 18.6 Å². The fraction of sp³-hybridized carbons (Fsp3) is 0.273. The summed E-state index contributed by atoms with van der Waals surface area (Å²) >= 11 is 1.58. The zero-order chi connectivity index (χ0) is 21.9. The standard InChI is InChI=1S/C22H18F2N4O3S/c1-12-2-3-14(19-18(12)30-22(23,24)31-19)16-10-26-20-15(16)8-13(9-25-20)17-11-32-21(27-17)28-4-6-29-7-5-28/h2-3,8-11H,4-7H2,1H3,(H,25,26). The van der Waals surface area contributed by atoms with Crippen LogP contribution >= 0.6 is 11.3 Å². The number of halogens is 2. The molecule has 0 radical (unpaired) electrons. The highest BCUT2D eigenvalue weighted by molar-refractivity contribution is 7.14. The van der Waals surface area contributed by atoms with E-state index >= 15 is 0 Å². The summed E-state index contributed by atoms with van der Waals surface area (Å²) in [4.78, 5) is 14.6. The number of anilines is 1. The van der Waals surface area contributed by atoms with Crippen LogP contribution in [-0.4, -0.2) is 47.5 Å². The Labute approximate surface area is 185 Å². The predicted octanol–water partition coefficient (Wildman–Crippen LogP) is 4.82. The molecule has 4 aromatic rings. The second kappa shape index (κ2) is 7.14. The minimum atomic E-state index is -3.69. The van der Waals surface area contributed by atoms with Gasteiger partial charge in [0, 0.05) is 52.9 Å². The Balaban J connectivity index is 1.41. The van der Waals surface area contributed by atoms with E-state index in [0.717, 1.165) is 34.9 Å². The molecule has 0 aliphatic carbocycles. The van der Waals surface area contributed by atoms with Gasteiger partial charge in [-0.3, -0.25) is 0 Å². The first-order valence-corrected chi connectivity index (χ1v) is 11.0. The molecule has 2 aliphatic heterocycles. The SMILES string of the molecule is Cc1ccc(-c2c[nH]c3ncc(-c4csc(N5CCOCC5)n4)cc23)c2c1OC(F)(F)O2. The second-order valence-corrected chi connectivity index (χ2v) is 8.53. The molecular weight excluding hydrogens is 438 g/mol. The number of rotatable bonds is 3. The average Bonchev–Trinajstić information content (AvgIpc) is 3.51. The number of nitrogens with one attached hydrogen (secondary N) is 1. The lowest BCUT2D eigenvalue weighted by Crippen LogP contribution is -2.36. The molecule has 0 unspecified atom stereocenters. The minimum Gasteiger partial charge on any atom is -0.395 e. The number of fused-ring (bicyclic) bond motifs is 2. The lowest BCUT2D eigenvalue weighted by molar-refractivity contribution is -0.286. The number of aryl methyl sites for hydroxylation is 1. The normalized spacial score (nSPS) is 17.3. The number of benzene rings is 1. The highest BCUT2D eigenvalue weighted by Crippen LogP contribution is 2.50. The molecule has 3 aromatic heterocycles. The maximum absolute atomic E-state index is 13.8. The summed E-state index contributed by atoms with van der Waals surface area (Å²) in [5, 5.41) is 3.73. The molecule has 0 saturated carbocycles. The molecule has 0 bridgehead atoms. The Hall–Kier alpha value is -3.24. The van der Waals surface area contributed by atoms with E-state index in [1.807, 2.05) is 11.4 Å². The van der Waals surface area contributed by atoms with Gasteiger partial charge in [-0.1, -0.05) is 12.1 Å². The van der Waals surface area contributed by atoms with Crippen molar-refractivity contribution in [2.75, 3.05) is 31.2 Å². The summed E-state index contributed by atoms with van der Waals surface area (Å²) in [6.07, 6.45) is -0.185. The van der Waals surface area contributed by atoms with Gasteiger partial charge in [0.15, 0.2) is 16.6 Å². The maximum atomic E-state index is 13.8. The topological polar surface area (TPSA) is 72.5 Å². The van der Waals surface area contributed by atoms with Gasteiger partial charge in [0.05, 0.1) is 18.9 Å². The second-order valence-electron chi connectivity index (χ2n) is 7.69. The molecule has 32 heavy (non-hydrogen) atoms. The summed E-state index contributed by atoms with van der Waals surface area (Å²) in [5.74, 6) is 0.0881. The molecule has 10 heteroatoms. The summed E-state index contributed by atoms with van der Waals surface area (Å²) in [5.41, 5.74) is 4.11. The lowest BCUT2D eigenvalue weighted by atomic mass is 10.0. The quantitative estimate of drug-likeness (QED) is 0.477. The van der Waals surface area contributed by atoms with Crippen LogP contribution in [-0.2, 0) is 4.74 Å². The van der Waals surface area contributed by atoms with Gasteiger partial charge in [0.1, 0.15) is 5.65 Å². The van der Waals surface area contributed by atoms with Crippen LogP contribution < -0.4 is 14.4 Å². The van der Waals surface area contributed by atoms with Crippen molar-refractivity contribution in [3.63, 3.8) is 0 Å². The van der Waals surface area contributed by atoms with Gasteiger partial charge in [-0.25, -0.2) is 9.97 Å². The number of aromatic amines is 1. The number of ether oxygens (including phenoxy) is 3. The third-order valence-electron chi connectivity index (χ3n) is 5.64. The van der Waals surface area contributed by atoms with Gasteiger partial charge >= 0.3 is 6.29 Å². The molecule has 0 atom stereocenters. The number of alkyl halides is 2. The van der Waals surface area contributed by atoms with Crippen molar-refractivity contribution in [1.29, 1.82) is 0 Å². The predicted molar refractivity (Wildman–Crippen MR) is 117 cm³/mol. The van der Waals surface area contributed by atoms with Crippen molar-refractivity contribution in [1.82, 2.24) is 15.0 Å². The number of hydrogen-bond donors (Lipinski definition) is 1. The van der Waals surface area contributed by atoms with Crippen molar-refractivity contribution in [2.24, 2.45) is 0 Å². The van der Waals surface area contributed by atoms with E-state index in [2.05, 4.69) is 14.9 Å². The highest BCUT2D eigenvalue weighted by Gasteiger charge is 2.45. The van der Waals surface area contributed by atoms with Crippen LogP contribution in [0.1, 0.15) is 5.56 Å². The first-order chi connectivity index (χ1) is 15.5. The molecular formula is C22H18F2N4O3S. The van der Waals surface area contributed by atoms with Crippen LogP contribution in [0.2, 0.25) is 0 Å². The van der Waals surface area contributed by atoms with Crippen LogP contribution in [0.4, 0.5) is 13.9 Å². The zero-order valence-corrected chi connectivity index (χ0v) is 17.8. The third-order valence-corrected chi connectivity index (χ3v) is 6.54. The van der Waals surface area contributed by atoms with E-state index in [1.165, 1.54) is 0 Å². The number of nitrogens with zero attached hydrogens (tertiary/aromatic N) is 3. The van der Waals surface area contributed by atoms with Crippen LogP contribution in [0.25, 0.3) is 33.4 Å². The summed E-state index contributed by atoms with van der Waals surface area (Å²) < 4.78 is 42.6. The van der Waals surface area contributed by atoms with Gasteiger partial charge in [-0.15, -0.1) is 20.1 Å². The molecule has 1 saturated heterocycles. The fourth-order valence-electron chi connectivity index (χ4n) is 4.02. The number of pyridine rings is 1. The Kier molecular flexibility index (Phi) is 4.34. The van der Waals surface area contributed by atoms with Crippen LogP contribution in [0.15, 0.2) is 36.0 Å². The third kappa shape index (κ3) is 3.18. The molecule has 2 aliphatic rings. The van der Waals surface area contributed by atoms with Crippen LogP contribution in [0.3, 0.4) is 0 Å². The summed E-state index contributed by atoms with van der Waals surface area (Å²) in [6, 6.07) is 5.46. The van der Waals surface area contributed by atoms with Crippen molar-refractivity contribution < 1.29 is 23.0 Å². The Morgan fingerprint density at radius 1 is 1.12 bits per heavy atom. The first-order valence-electron chi connectivity index (χ1n) is 10.1. The Morgan fingerprint density at radius 2 is 1.94 bits per heavy atom. The summed E-state index contributed by atoms with van der Waals surface area (Å²) in [6.45, 7) is 4.73. The Bertz CT molecular complexity index is 1330. The van der Waals surface area contributed by atoms with Gasteiger partial charge in [0.2, 0.25) is 0 Å². The monoisotopic (exact) mass is 456 g/mol. The van der Waals surface area contributed by atoms with Gasteiger partial charge < -0.3 is 24.1 Å². The molecule has 5 heterocycles. The molecule has 1 fully saturated rings. The van der Waals surface area contributed by atoms with E-state index in [9.17, 15) is 8.78 Å². The van der Waals surface area contributed by atoms with Crippen molar-refractivity contribution in [2.45, 2.75) is 13.2 Å². The van der Waals surface area contributed by atoms with E-state index < -0.39 is 6.29 Å². The molecule has 1 aromatic carbocycles. The van der Waals surface area contributed by atoms with Crippen molar-refractivity contribution in [3.8, 4) is 33.9 Å². The van der Waals surface area contributed by atoms with Gasteiger partial charge in [0.25, 0.3) is 0 Å².